The van der Waals surface area contributed by atoms with Gasteiger partial charge in [-0.05, 0) is 12.8 Å². The van der Waals surface area contributed by atoms with Crippen molar-refractivity contribution in [2.24, 2.45) is 0 Å². The first-order chi connectivity index (χ1) is 7.90. The van der Waals surface area contributed by atoms with Crippen LogP contribution in [0.3, 0.4) is 0 Å². The van der Waals surface area contributed by atoms with Crippen LogP contribution in [0.15, 0.2) is 0 Å². The van der Waals surface area contributed by atoms with Crippen LogP contribution in [0.1, 0.15) is 17.7 Å². The van der Waals surface area contributed by atoms with E-state index in [1.165, 1.54) is 4.90 Å². The van der Waals surface area contributed by atoms with Crippen LogP contribution in [-0.4, -0.2) is 28.9 Å². The Hall–Kier alpha value is -0.530. The Bertz CT molecular complexity index is 405. The molecular weight excluding hydrogens is 277 g/mol. The zero-order valence-electron chi connectivity index (χ0n) is 8.67. The Morgan fingerprint density at radius 3 is 2.53 bits per heavy atom. The molecule has 0 atom stereocenters. The average Bonchev–Trinajstić information content (AvgIpc) is 2.97. The van der Waals surface area contributed by atoms with E-state index in [1.54, 1.807) is 0 Å². The molecule has 0 aliphatic heterocycles. The summed E-state index contributed by atoms with van der Waals surface area (Å²) < 4.78 is 37.3. The lowest BCUT2D eigenvalue weighted by atomic mass is 10.5. The minimum Gasteiger partial charge on any atom is -0.391 e. The maximum absolute atomic E-state index is 12.4. The van der Waals surface area contributed by atoms with Gasteiger partial charge in [0.25, 0.3) is 0 Å². The number of aliphatic hydroxyl groups excluding tert-OH is 1. The Morgan fingerprint density at radius 2 is 2.12 bits per heavy atom. The maximum atomic E-state index is 12.4. The number of nitrogens with zero attached hydrogens (tertiary/aromatic N) is 2. The molecule has 17 heavy (non-hydrogen) atoms. The summed E-state index contributed by atoms with van der Waals surface area (Å²) >= 11 is 6.73. The molecule has 0 aromatic carbocycles. The van der Waals surface area contributed by atoms with E-state index in [-0.39, 0.29) is 22.9 Å². The van der Waals surface area contributed by atoms with Crippen molar-refractivity contribution in [3.8, 4) is 0 Å². The van der Waals surface area contributed by atoms with Crippen molar-refractivity contribution in [2.45, 2.75) is 31.7 Å². The molecule has 1 aromatic heterocycles. The molecule has 0 spiro atoms. The van der Waals surface area contributed by atoms with E-state index in [9.17, 15) is 13.2 Å². The monoisotopic (exact) mass is 286 g/mol. The fourth-order valence-electron chi connectivity index (χ4n) is 1.47. The zero-order valence-corrected chi connectivity index (χ0v) is 10.2. The van der Waals surface area contributed by atoms with Gasteiger partial charge in [0.15, 0.2) is 5.13 Å². The highest BCUT2D eigenvalue weighted by Gasteiger charge is 2.39. The van der Waals surface area contributed by atoms with Crippen molar-refractivity contribution in [2.75, 3.05) is 11.4 Å². The summed E-state index contributed by atoms with van der Waals surface area (Å²) in [5.41, 5.74) is 0. The highest BCUT2D eigenvalue weighted by molar-refractivity contribution is 7.16. The van der Waals surface area contributed by atoms with E-state index in [4.69, 9.17) is 16.7 Å². The lowest BCUT2D eigenvalue weighted by molar-refractivity contribution is -0.120. The van der Waals surface area contributed by atoms with Crippen LogP contribution in [0.5, 0.6) is 0 Å². The topological polar surface area (TPSA) is 36.4 Å². The van der Waals surface area contributed by atoms with Gasteiger partial charge in [-0.3, -0.25) is 0 Å². The molecule has 0 unspecified atom stereocenters. The smallest absolute Gasteiger partial charge is 0.391 e. The van der Waals surface area contributed by atoms with E-state index in [0.717, 1.165) is 24.2 Å². The van der Waals surface area contributed by atoms with Crippen molar-refractivity contribution in [1.29, 1.82) is 0 Å². The van der Waals surface area contributed by atoms with Crippen LogP contribution in [0, 0.1) is 0 Å². The van der Waals surface area contributed by atoms with Crippen LogP contribution in [-0.2, 0) is 6.61 Å². The molecule has 1 saturated carbocycles. The summed E-state index contributed by atoms with van der Waals surface area (Å²) in [6.45, 7) is -1.33. The van der Waals surface area contributed by atoms with Crippen LogP contribution in [0.4, 0.5) is 18.3 Å². The standard InChI is InChI=1S/C9H10ClF3N2OS/c10-7-6(3-16)17-8(14-7)15(5-1-2-5)4-9(11,12)13/h5,16H,1-4H2. The first kappa shape index (κ1) is 12.9. The maximum Gasteiger partial charge on any atom is 0.406 e. The van der Waals surface area contributed by atoms with Crippen molar-refractivity contribution < 1.29 is 18.3 Å². The third-order valence-electron chi connectivity index (χ3n) is 2.36. The number of rotatable bonds is 4. The zero-order chi connectivity index (χ0) is 12.6. The molecule has 2 rings (SSSR count). The number of halogens is 4. The summed E-state index contributed by atoms with van der Waals surface area (Å²) in [4.78, 5) is 5.49. The fraction of sp³-hybridized carbons (Fsp3) is 0.667. The number of aliphatic hydroxyl groups is 1. The second-order valence-corrected chi connectivity index (χ2v) is 5.26. The van der Waals surface area contributed by atoms with Gasteiger partial charge >= 0.3 is 6.18 Å². The second kappa shape index (κ2) is 4.62. The number of thiazole rings is 1. The molecule has 1 fully saturated rings. The first-order valence-corrected chi connectivity index (χ1v) is 6.19. The number of hydrogen-bond donors (Lipinski definition) is 1. The Labute approximate surface area is 105 Å². The van der Waals surface area contributed by atoms with Gasteiger partial charge in [-0.2, -0.15) is 13.2 Å². The molecule has 1 N–H and O–H groups in total. The third-order valence-corrected chi connectivity index (χ3v) is 3.87. The van der Waals surface area contributed by atoms with Crippen molar-refractivity contribution >= 4 is 28.1 Å². The average molecular weight is 287 g/mol. The molecule has 8 heteroatoms. The Balaban J connectivity index is 2.20. The van der Waals surface area contributed by atoms with Gasteiger partial charge in [-0.15, -0.1) is 0 Å². The Morgan fingerprint density at radius 1 is 1.47 bits per heavy atom. The van der Waals surface area contributed by atoms with E-state index in [1.807, 2.05) is 0 Å². The quantitative estimate of drug-likeness (QED) is 0.925. The molecule has 96 valence electrons. The van der Waals surface area contributed by atoms with Gasteiger partial charge in [-0.25, -0.2) is 4.98 Å². The normalized spacial score (nSPS) is 16.3. The fourth-order valence-corrected chi connectivity index (χ4v) is 2.66. The van der Waals surface area contributed by atoms with Gasteiger partial charge < -0.3 is 10.0 Å². The molecule has 0 bridgehead atoms. The van der Waals surface area contributed by atoms with Crippen LogP contribution in [0.25, 0.3) is 0 Å². The predicted octanol–water partition coefficient (Wildman–Crippen LogP) is 2.82. The van der Waals surface area contributed by atoms with Crippen molar-refractivity contribution in [3.05, 3.63) is 10.0 Å². The lowest BCUT2D eigenvalue weighted by Crippen LogP contribution is -2.35. The van der Waals surface area contributed by atoms with Crippen molar-refractivity contribution in [3.63, 3.8) is 0 Å². The SMILES string of the molecule is OCc1sc(N(CC(F)(F)F)C2CC2)nc1Cl. The summed E-state index contributed by atoms with van der Waals surface area (Å²) in [5.74, 6) is 0. The third kappa shape index (κ3) is 3.23. The number of anilines is 1. The lowest BCUT2D eigenvalue weighted by Gasteiger charge is -2.22. The predicted molar refractivity (Wildman–Crippen MR) is 59.5 cm³/mol. The number of hydrogen-bond acceptors (Lipinski definition) is 4. The van der Waals surface area contributed by atoms with Gasteiger partial charge in [-0.1, -0.05) is 22.9 Å². The summed E-state index contributed by atoms with van der Waals surface area (Å²) in [5, 5.41) is 9.26. The first-order valence-electron chi connectivity index (χ1n) is 5.00. The van der Waals surface area contributed by atoms with Gasteiger partial charge in [0, 0.05) is 6.04 Å². The molecule has 0 saturated heterocycles. The van der Waals surface area contributed by atoms with Crippen LogP contribution in [0.2, 0.25) is 5.15 Å². The molecule has 0 radical (unpaired) electrons. The molecule has 1 aliphatic carbocycles. The largest absolute Gasteiger partial charge is 0.406 e. The van der Waals surface area contributed by atoms with E-state index in [0.29, 0.717) is 4.88 Å². The van der Waals surface area contributed by atoms with Gasteiger partial charge in [0.2, 0.25) is 0 Å². The van der Waals surface area contributed by atoms with Crippen molar-refractivity contribution in [1.82, 2.24) is 4.98 Å². The van der Waals surface area contributed by atoms with E-state index < -0.39 is 12.7 Å². The van der Waals surface area contributed by atoms with Gasteiger partial charge in [0.1, 0.15) is 11.7 Å². The molecule has 1 aliphatic rings. The molecule has 1 aromatic rings. The highest BCUT2D eigenvalue weighted by atomic mass is 35.5. The summed E-state index contributed by atoms with van der Waals surface area (Å²) in [6.07, 6.45) is -2.79. The van der Waals surface area contributed by atoms with E-state index >= 15 is 0 Å². The Kier molecular flexibility index (Phi) is 3.51. The molecular formula is C9H10ClF3N2OS. The van der Waals surface area contributed by atoms with E-state index in [2.05, 4.69) is 4.98 Å². The molecule has 1 heterocycles. The molecule has 3 nitrogen and oxygen atoms in total. The highest BCUT2D eigenvalue weighted by Crippen LogP contribution is 2.38. The van der Waals surface area contributed by atoms with Crippen LogP contribution < -0.4 is 4.90 Å². The summed E-state index contributed by atoms with van der Waals surface area (Å²) in [6, 6.07) is -0.106. The minimum atomic E-state index is -4.26. The summed E-state index contributed by atoms with van der Waals surface area (Å²) in [7, 11) is 0. The minimum absolute atomic E-state index is 0.0836. The van der Waals surface area contributed by atoms with Gasteiger partial charge in [0.05, 0.1) is 11.5 Å². The van der Waals surface area contributed by atoms with Crippen LogP contribution >= 0.6 is 22.9 Å². The number of alkyl halides is 3. The second-order valence-electron chi connectivity index (χ2n) is 3.84. The molecule has 0 amide bonds. The number of aromatic nitrogens is 1.